The molecule has 182 valence electrons. The molecule has 0 aliphatic carbocycles. The van der Waals surface area contributed by atoms with Gasteiger partial charge in [-0.05, 0) is 69.1 Å². The molecule has 1 fully saturated rings. The molecule has 0 radical (unpaired) electrons. The quantitative estimate of drug-likeness (QED) is 0.163. The number of aliphatic imine (C=N–C) groups is 1. The van der Waals surface area contributed by atoms with E-state index in [0.29, 0.717) is 12.1 Å². The Morgan fingerprint density at radius 1 is 1.09 bits per heavy atom. The summed E-state index contributed by atoms with van der Waals surface area (Å²) in [6.45, 7) is 9.15. The lowest BCUT2D eigenvalue weighted by Gasteiger charge is -2.26. The van der Waals surface area contributed by atoms with Gasteiger partial charge in [-0.2, -0.15) is 0 Å². The van der Waals surface area contributed by atoms with Crippen LogP contribution in [-0.2, 0) is 6.54 Å². The van der Waals surface area contributed by atoms with Crippen LogP contribution in [0, 0.1) is 0 Å². The number of guanidine groups is 1. The zero-order valence-electron chi connectivity index (χ0n) is 19.8. The average molecular weight is 568 g/mol. The summed E-state index contributed by atoms with van der Waals surface area (Å²) >= 11 is 0. The van der Waals surface area contributed by atoms with Gasteiger partial charge in [0.25, 0.3) is 5.91 Å². The van der Waals surface area contributed by atoms with E-state index in [1.807, 2.05) is 30.3 Å². The van der Waals surface area contributed by atoms with Gasteiger partial charge in [0.15, 0.2) is 5.96 Å². The van der Waals surface area contributed by atoms with Crippen molar-refractivity contribution in [3.05, 3.63) is 59.5 Å². The molecule has 2 heterocycles. The van der Waals surface area contributed by atoms with E-state index in [0.717, 1.165) is 62.8 Å². The standard InChI is InChI=1S/C25H37N5O2.HI/c1-3-5-14-27-24(31)21-12-10-20(11-13-21)18-28-25(26-4-2)29-19-22(23-9-8-17-32-23)30-15-6-7-16-30;/h8-13,17,22H,3-7,14-16,18-19H2,1-2H3,(H,27,31)(H2,26,28,29);1H. The van der Waals surface area contributed by atoms with Crippen LogP contribution in [0.1, 0.15) is 67.3 Å². The summed E-state index contributed by atoms with van der Waals surface area (Å²) in [7, 11) is 0. The van der Waals surface area contributed by atoms with Crippen LogP contribution in [-0.4, -0.2) is 49.5 Å². The Morgan fingerprint density at radius 2 is 1.85 bits per heavy atom. The molecule has 1 amide bonds. The topological polar surface area (TPSA) is 81.9 Å². The Hall–Kier alpha value is -2.07. The molecule has 1 aliphatic rings. The van der Waals surface area contributed by atoms with Crippen molar-refractivity contribution in [1.29, 1.82) is 0 Å². The van der Waals surface area contributed by atoms with Crippen LogP contribution in [0.2, 0.25) is 0 Å². The minimum Gasteiger partial charge on any atom is -0.468 e. The van der Waals surface area contributed by atoms with Crippen LogP contribution < -0.4 is 16.0 Å². The SMILES string of the molecule is CCCCNC(=O)c1ccc(CN=C(NCC)NCC(c2ccco2)N2CCCC2)cc1.I. The van der Waals surface area contributed by atoms with E-state index in [2.05, 4.69) is 40.8 Å². The maximum Gasteiger partial charge on any atom is 0.251 e. The number of unbranched alkanes of at least 4 members (excludes halogenated alkanes) is 1. The highest BCUT2D eigenvalue weighted by molar-refractivity contribution is 14.0. The van der Waals surface area contributed by atoms with Gasteiger partial charge in [0.2, 0.25) is 0 Å². The highest BCUT2D eigenvalue weighted by Crippen LogP contribution is 2.24. The van der Waals surface area contributed by atoms with E-state index in [1.165, 1.54) is 12.8 Å². The lowest BCUT2D eigenvalue weighted by Crippen LogP contribution is -2.42. The Kier molecular flexibility index (Phi) is 12.3. The molecule has 1 unspecified atom stereocenters. The third-order valence-corrected chi connectivity index (χ3v) is 5.71. The Bertz CT molecular complexity index is 833. The zero-order chi connectivity index (χ0) is 22.6. The van der Waals surface area contributed by atoms with E-state index in [-0.39, 0.29) is 35.9 Å². The van der Waals surface area contributed by atoms with Crippen molar-refractivity contribution < 1.29 is 9.21 Å². The molecular formula is C25H38IN5O2. The first-order chi connectivity index (χ1) is 15.7. The van der Waals surface area contributed by atoms with Crippen LogP contribution in [0.25, 0.3) is 0 Å². The lowest BCUT2D eigenvalue weighted by atomic mass is 10.1. The van der Waals surface area contributed by atoms with Crippen LogP contribution in [0.15, 0.2) is 52.1 Å². The largest absolute Gasteiger partial charge is 0.468 e. The third kappa shape index (κ3) is 8.66. The monoisotopic (exact) mass is 567 g/mol. The first-order valence-corrected chi connectivity index (χ1v) is 11.9. The van der Waals surface area contributed by atoms with Gasteiger partial charge < -0.3 is 20.4 Å². The molecule has 1 aliphatic heterocycles. The predicted molar refractivity (Wildman–Crippen MR) is 144 cm³/mol. The van der Waals surface area contributed by atoms with E-state index in [4.69, 9.17) is 9.41 Å². The summed E-state index contributed by atoms with van der Waals surface area (Å²) in [4.78, 5) is 19.4. The zero-order valence-corrected chi connectivity index (χ0v) is 22.1. The Balaban J connectivity index is 0.00000385. The van der Waals surface area contributed by atoms with Crippen molar-refractivity contribution >= 4 is 35.8 Å². The normalized spacial score (nSPS) is 15.0. The van der Waals surface area contributed by atoms with Crippen LogP contribution in [0.5, 0.6) is 0 Å². The molecule has 1 aromatic heterocycles. The van der Waals surface area contributed by atoms with Gasteiger partial charge in [0.05, 0.1) is 18.8 Å². The van der Waals surface area contributed by atoms with Crippen molar-refractivity contribution in [3.63, 3.8) is 0 Å². The summed E-state index contributed by atoms with van der Waals surface area (Å²) in [6.07, 6.45) is 6.28. The maximum absolute atomic E-state index is 12.2. The number of likely N-dealkylation sites (tertiary alicyclic amines) is 1. The number of furan rings is 1. The molecule has 1 saturated heterocycles. The van der Waals surface area contributed by atoms with Crippen LogP contribution >= 0.6 is 24.0 Å². The van der Waals surface area contributed by atoms with Crippen LogP contribution in [0.3, 0.4) is 0 Å². The summed E-state index contributed by atoms with van der Waals surface area (Å²) in [6, 6.07) is 11.9. The van der Waals surface area contributed by atoms with Crippen molar-refractivity contribution in [2.45, 2.75) is 52.1 Å². The molecule has 7 nitrogen and oxygen atoms in total. The molecule has 0 spiro atoms. The van der Waals surface area contributed by atoms with E-state index in [1.54, 1.807) is 6.26 Å². The first kappa shape index (κ1) is 27.2. The van der Waals surface area contributed by atoms with Gasteiger partial charge in [-0.1, -0.05) is 25.5 Å². The van der Waals surface area contributed by atoms with Gasteiger partial charge in [0.1, 0.15) is 5.76 Å². The summed E-state index contributed by atoms with van der Waals surface area (Å²) < 4.78 is 5.72. The highest BCUT2D eigenvalue weighted by Gasteiger charge is 2.25. The van der Waals surface area contributed by atoms with Gasteiger partial charge in [-0.25, -0.2) is 4.99 Å². The maximum atomic E-state index is 12.2. The fourth-order valence-electron chi connectivity index (χ4n) is 3.89. The Morgan fingerprint density at radius 3 is 2.48 bits per heavy atom. The first-order valence-electron chi connectivity index (χ1n) is 11.9. The molecule has 3 rings (SSSR count). The second-order valence-electron chi connectivity index (χ2n) is 8.16. The molecule has 0 bridgehead atoms. The highest BCUT2D eigenvalue weighted by atomic mass is 127. The number of carbonyl (C=O) groups excluding carboxylic acids is 1. The molecule has 1 atom stereocenters. The van der Waals surface area contributed by atoms with Gasteiger partial charge in [0, 0.05) is 25.2 Å². The molecule has 2 aromatic rings. The third-order valence-electron chi connectivity index (χ3n) is 5.71. The number of carbonyl (C=O) groups is 1. The average Bonchev–Trinajstić information content (AvgIpc) is 3.53. The molecule has 1 aromatic carbocycles. The van der Waals surface area contributed by atoms with Crippen molar-refractivity contribution in [2.24, 2.45) is 4.99 Å². The van der Waals surface area contributed by atoms with Gasteiger partial charge in [-0.15, -0.1) is 24.0 Å². The number of nitrogens with zero attached hydrogens (tertiary/aromatic N) is 2. The molecule has 33 heavy (non-hydrogen) atoms. The molecule has 8 heteroatoms. The molecule has 0 saturated carbocycles. The minimum absolute atomic E-state index is 0. The van der Waals surface area contributed by atoms with Crippen molar-refractivity contribution in [2.75, 3.05) is 32.7 Å². The fraction of sp³-hybridized carbons (Fsp3) is 0.520. The number of hydrogen-bond donors (Lipinski definition) is 3. The summed E-state index contributed by atoms with van der Waals surface area (Å²) in [5, 5.41) is 9.77. The number of benzene rings is 1. The second-order valence-corrected chi connectivity index (χ2v) is 8.16. The number of hydrogen-bond acceptors (Lipinski definition) is 4. The van der Waals surface area contributed by atoms with E-state index >= 15 is 0 Å². The number of nitrogens with one attached hydrogen (secondary N) is 3. The van der Waals surface area contributed by atoms with Gasteiger partial charge >= 0.3 is 0 Å². The van der Waals surface area contributed by atoms with E-state index < -0.39 is 0 Å². The smallest absolute Gasteiger partial charge is 0.251 e. The van der Waals surface area contributed by atoms with E-state index in [9.17, 15) is 4.79 Å². The lowest BCUT2D eigenvalue weighted by molar-refractivity contribution is 0.0953. The van der Waals surface area contributed by atoms with Gasteiger partial charge in [-0.3, -0.25) is 9.69 Å². The predicted octanol–water partition coefficient (Wildman–Crippen LogP) is 4.32. The fourth-order valence-corrected chi connectivity index (χ4v) is 3.89. The number of amides is 1. The van der Waals surface area contributed by atoms with Crippen molar-refractivity contribution in [3.8, 4) is 0 Å². The molecule has 3 N–H and O–H groups in total. The second kappa shape index (κ2) is 15.0. The molecular weight excluding hydrogens is 529 g/mol. The summed E-state index contributed by atoms with van der Waals surface area (Å²) in [5.74, 6) is 1.75. The Labute approximate surface area is 214 Å². The van der Waals surface area contributed by atoms with Crippen LogP contribution in [0.4, 0.5) is 0 Å². The minimum atomic E-state index is -0.0191. The van der Waals surface area contributed by atoms with Crippen molar-refractivity contribution in [1.82, 2.24) is 20.9 Å². The number of halogens is 1. The number of rotatable bonds is 11. The summed E-state index contributed by atoms with van der Waals surface area (Å²) in [5.41, 5.74) is 1.75.